The quantitative estimate of drug-likeness (QED) is 0.629. The maximum Gasteiger partial charge on any atom is 0.279 e. The van der Waals surface area contributed by atoms with Crippen LogP contribution in [0.5, 0.6) is 0 Å². The topological polar surface area (TPSA) is 72.7 Å². The molecule has 0 aliphatic heterocycles. The van der Waals surface area contributed by atoms with Gasteiger partial charge in [0.25, 0.3) is 5.91 Å². The molecule has 1 N–H and O–H groups in total. The first-order valence-electron chi connectivity index (χ1n) is 6.94. The maximum atomic E-state index is 12.3. The Morgan fingerprint density at radius 3 is 2.61 bits per heavy atom. The van der Waals surface area contributed by atoms with E-state index in [1.807, 2.05) is 59.2 Å². The summed E-state index contributed by atoms with van der Waals surface area (Å²) in [5.74, 6) is 0.127. The van der Waals surface area contributed by atoms with Gasteiger partial charge >= 0.3 is 0 Å². The van der Waals surface area contributed by atoms with E-state index >= 15 is 0 Å². The molecule has 2 heterocycles. The Labute approximate surface area is 135 Å². The number of carbonyl (C=O) groups excluding carboxylic acids is 1. The standard InChI is InChI=1S/C16H11N5OS/c22-15(13-10-23-20-19-13)18-16-17-12-8-4-5-9-14(12)21(16)11-6-2-1-3-7-11/h1-10H,(H,17,18,22). The third-order valence-corrected chi connectivity index (χ3v) is 3.90. The molecule has 4 aromatic rings. The van der Waals surface area contributed by atoms with Gasteiger partial charge in [-0.1, -0.05) is 34.8 Å². The predicted octanol–water partition coefficient (Wildman–Crippen LogP) is 3.13. The molecule has 0 saturated carbocycles. The van der Waals surface area contributed by atoms with Crippen molar-refractivity contribution in [3.05, 3.63) is 65.7 Å². The fourth-order valence-electron chi connectivity index (χ4n) is 2.38. The Hall–Kier alpha value is -3.06. The number of nitrogens with zero attached hydrogens (tertiary/aromatic N) is 4. The van der Waals surface area contributed by atoms with Crippen LogP contribution in [0.3, 0.4) is 0 Å². The minimum atomic E-state index is -0.328. The van der Waals surface area contributed by atoms with Gasteiger partial charge in [-0.15, -0.1) is 5.10 Å². The van der Waals surface area contributed by atoms with Crippen LogP contribution in [0.2, 0.25) is 0 Å². The van der Waals surface area contributed by atoms with E-state index in [0.717, 1.165) is 28.3 Å². The second kappa shape index (κ2) is 5.62. The molecule has 23 heavy (non-hydrogen) atoms. The molecule has 0 spiro atoms. The van der Waals surface area contributed by atoms with E-state index in [-0.39, 0.29) is 11.6 Å². The normalized spacial score (nSPS) is 10.8. The van der Waals surface area contributed by atoms with Crippen molar-refractivity contribution in [3.63, 3.8) is 0 Å². The Balaban J connectivity index is 1.84. The van der Waals surface area contributed by atoms with Crippen molar-refractivity contribution < 1.29 is 4.79 Å². The summed E-state index contributed by atoms with van der Waals surface area (Å²) in [6.07, 6.45) is 0. The predicted molar refractivity (Wildman–Crippen MR) is 88.9 cm³/mol. The van der Waals surface area contributed by atoms with Crippen LogP contribution in [0.25, 0.3) is 16.7 Å². The van der Waals surface area contributed by atoms with Crippen molar-refractivity contribution in [1.82, 2.24) is 19.1 Å². The van der Waals surface area contributed by atoms with Crippen molar-refractivity contribution in [2.75, 3.05) is 5.32 Å². The lowest BCUT2D eigenvalue weighted by Gasteiger charge is -2.09. The highest BCUT2D eigenvalue weighted by molar-refractivity contribution is 7.03. The summed E-state index contributed by atoms with van der Waals surface area (Å²) in [5, 5.41) is 8.21. The largest absolute Gasteiger partial charge is 0.290 e. The number of para-hydroxylation sites is 3. The Kier molecular flexibility index (Phi) is 3.32. The van der Waals surface area contributed by atoms with E-state index in [4.69, 9.17) is 0 Å². The molecule has 0 fully saturated rings. The molecule has 0 unspecified atom stereocenters. The highest BCUT2D eigenvalue weighted by atomic mass is 32.1. The average Bonchev–Trinajstić information content (AvgIpc) is 3.23. The van der Waals surface area contributed by atoms with E-state index in [2.05, 4.69) is 19.9 Å². The summed E-state index contributed by atoms with van der Waals surface area (Å²) in [6.45, 7) is 0. The van der Waals surface area contributed by atoms with Gasteiger partial charge in [0.05, 0.1) is 11.0 Å². The zero-order chi connectivity index (χ0) is 15.6. The van der Waals surface area contributed by atoms with Crippen molar-refractivity contribution in [1.29, 1.82) is 0 Å². The fourth-order valence-corrected chi connectivity index (χ4v) is 2.81. The van der Waals surface area contributed by atoms with Gasteiger partial charge in [-0.3, -0.25) is 14.7 Å². The number of carbonyl (C=O) groups is 1. The number of imidazole rings is 1. The molecular weight excluding hydrogens is 310 g/mol. The van der Waals surface area contributed by atoms with E-state index in [9.17, 15) is 4.79 Å². The summed E-state index contributed by atoms with van der Waals surface area (Å²) in [7, 11) is 0. The molecule has 7 heteroatoms. The molecule has 112 valence electrons. The highest BCUT2D eigenvalue weighted by Gasteiger charge is 2.16. The molecule has 6 nitrogen and oxygen atoms in total. The molecule has 2 aromatic heterocycles. The summed E-state index contributed by atoms with van der Waals surface area (Å²) < 4.78 is 5.62. The van der Waals surface area contributed by atoms with Gasteiger partial charge in [0.2, 0.25) is 5.95 Å². The van der Waals surface area contributed by atoms with E-state index in [1.165, 1.54) is 0 Å². The third-order valence-electron chi connectivity index (χ3n) is 3.39. The first-order valence-corrected chi connectivity index (χ1v) is 7.78. The lowest BCUT2D eigenvalue weighted by atomic mass is 10.3. The average molecular weight is 321 g/mol. The Morgan fingerprint density at radius 1 is 1.04 bits per heavy atom. The van der Waals surface area contributed by atoms with E-state index in [1.54, 1.807) is 5.38 Å². The first kappa shape index (κ1) is 13.6. The number of hydrogen-bond donors (Lipinski definition) is 1. The number of fused-ring (bicyclic) bond motifs is 1. The number of aromatic nitrogens is 4. The van der Waals surface area contributed by atoms with Crippen LogP contribution in [0.15, 0.2) is 60.0 Å². The number of rotatable bonds is 3. The number of nitrogens with one attached hydrogen (secondary N) is 1. The summed E-state index contributed by atoms with van der Waals surface area (Å²) in [6, 6.07) is 17.5. The fraction of sp³-hybridized carbons (Fsp3) is 0. The van der Waals surface area contributed by atoms with Gasteiger partial charge < -0.3 is 0 Å². The van der Waals surface area contributed by atoms with Gasteiger partial charge in [0.15, 0.2) is 5.69 Å². The van der Waals surface area contributed by atoms with Crippen molar-refractivity contribution in [3.8, 4) is 5.69 Å². The number of hydrogen-bond acceptors (Lipinski definition) is 5. The van der Waals surface area contributed by atoms with Crippen molar-refractivity contribution in [2.45, 2.75) is 0 Å². The number of anilines is 1. The van der Waals surface area contributed by atoms with Gasteiger partial charge in [0, 0.05) is 11.1 Å². The number of benzene rings is 2. The van der Waals surface area contributed by atoms with Crippen LogP contribution < -0.4 is 5.32 Å². The van der Waals surface area contributed by atoms with E-state index < -0.39 is 0 Å². The summed E-state index contributed by atoms with van der Waals surface area (Å²) >= 11 is 1.13. The molecule has 0 atom stereocenters. The van der Waals surface area contributed by atoms with Gasteiger partial charge in [-0.2, -0.15) is 0 Å². The third kappa shape index (κ3) is 2.47. The molecule has 0 saturated heterocycles. The summed E-state index contributed by atoms with van der Waals surface area (Å²) in [5.41, 5.74) is 2.93. The molecule has 0 bridgehead atoms. The highest BCUT2D eigenvalue weighted by Crippen LogP contribution is 2.24. The zero-order valence-electron chi connectivity index (χ0n) is 11.9. The van der Waals surface area contributed by atoms with Crippen molar-refractivity contribution >= 4 is 34.4 Å². The van der Waals surface area contributed by atoms with Gasteiger partial charge in [0.1, 0.15) is 0 Å². The van der Waals surface area contributed by atoms with E-state index in [0.29, 0.717) is 5.95 Å². The molecular formula is C16H11N5OS. The number of amides is 1. The second-order valence-electron chi connectivity index (χ2n) is 4.84. The smallest absolute Gasteiger partial charge is 0.279 e. The van der Waals surface area contributed by atoms with Gasteiger partial charge in [-0.25, -0.2) is 4.98 Å². The van der Waals surface area contributed by atoms with Crippen LogP contribution in [0.1, 0.15) is 10.5 Å². The molecule has 0 aliphatic carbocycles. The maximum absolute atomic E-state index is 12.3. The van der Waals surface area contributed by atoms with Crippen LogP contribution in [-0.2, 0) is 0 Å². The molecule has 1 amide bonds. The van der Waals surface area contributed by atoms with Crippen LogP contribution in [-0.4, -0.2) is 25.0 Å². The minimum Gasteiger partial charge on any atom is -0.290 e. The minimum absolute atomic E-state index is 0.279. The Morgan fingerprint density at radius 2 is 1.83 bits per heavy atom. The first-order chi connectivity index (χ1) is 11.3. The van der Waals surface area contributed by atoms with Crippen LogP contribution >= 0.6 is 11.5 Å². The van der Waals surface area contributed by atoms with Crippen molar-refractivity contribution in [2.24, 2.45) is 0 Å². The monoisotopic (exact) mass is 321 g/mol. The summed E-state index contributed by atoms with van der Waals surface area (Å²) in [4.78, 5) is 16.8. The van der Waals surface area contributed by atoms with Gasteiger partial charge in [-0.05, 0) is 35.8 Å². The molecule has 0 aliphatic rings. The lowest BCUT2D eigenvalue weighted by molar-refractivity contribution is 0.102. The zero-order valence-corrected chi connectivity index (χ0v) is 12.7. The van der Waals surface area contributed by atoms with Crippen LogP contribution in [0.4, 0.5) is 5.95 Å². The Bertz CT molecular complexity index is 963. The lowest BCUT2D eigenvalue weighted by Crippen LogP contribution is -2.16. The van der Waals surface area contributed by atoms with Crippen LogP contribution in [0, 0.1) is 0 Å². The second-order valence-corrected chi connectivity index (χ2v) is 5.45. The SMILES string of the molecule is O=C(Nc1nc2ccccc2n1-c1ccccc1)c1csnn1. The molecule has 4 rings (SSSR count). The molecule has 0 radical (unpaired) electrons. The molecule has 2 aromatic carbocycles.